The Hall–Kier alpha value is -3.98. The van der Waals surface area contributed by atoms with Crippen molar-refractivity contribution < 1.29 is 13.2 Å². The maximum atomic E-state index is 13.2. The molecule has 40 heavy (non-hydrogen) atoms. The van der Waals surface area contributed by atoms with Gasteiger partial charge in [0, 0.05) is 72.3 Å². The van der Waals surface area contributed by atoms with Crippen LogP contribution in [0.2, 0.25) is 0 Å². The van der Waals surface area contributed by atoms with Gasteiger partial charge in [0.1, 0.15) is 0 Å². The van der Waals surface area contributed by atoms with E-state index in [4.69, 9.17) is 0 Å². The van der Waals surface area contributed by atoms with Crippen LogP contribution in [-0.2, 0) is 23.1 Å². The molecular formula is C32H32N4O3S. The van der Waals surface area contributed by atoms with E-state index in [9.17, 15) is 13.2 Å². The summed E-state index contributed by atoms with van der Waals surface area (Å²) in [5.41, 5.74) is 4.72. The van der Waals surface area contributed by atoms with E-state index in [1.807, 2.05) is 42.5 Å². The fourth-order valence-electron chi connectivity index (χ4n) is 5.61. The summed E-state index contributed by atoms with van der Waals surface area (Å²) in [5, 5.41) is 5.37. The molecule has 6 rings (SSSR count). The highest BCUT2D eigenvalue weighted by Gasteiger charge is 2.28. The molecule has 7 nitrogen and oxygen atoms in total. The molecule has 1 aromatic heterocycles. The van der Waals surface area contributed by atoms with Crippen LogP contribution in [-0.4, -0.2) is 54.3 Å². The number of anilines is 1. The summed E-state index contributed by atoms with van der Waals surface area (Å²) in [6, 6.07) is 30.7. The van der Waals surface area contributed by atoms with Crippen LogP contribution < -0.4 is 5.32 Å². The zero-order chi connectivity index (χ0) is 27.7. The number of benzene rings is 4. The van der Waals surface area contributed by atoms with Crippen LogP contribution in [0.25, 0.3) is 21.8 Å². The average Bonchev–Trinajstić information content (AvgIpc) is 3.31. The van der Waals surface area contributed by atoms with Gasteiger partial charge in [0.15, 0.2) is 0 Å². The third kappa shape index (κ3) is 5.01. The number of hydrogen-bond donors (Lipinski definition) is 1. The topological polar surface area (TPSA) is 74.7 Å². The molecule has 1 amide bonds. The highest BCUT2D eigenvalue weighted by Crippen LogP contribution is 2.31. The molecule has 1 aliphatic rings. The van der Waals surface area contributed by atoms with Crippen molar-refractivity contribution in [3.63, 3.8) is 0 Å². The minimum absolute atomic E-state index is 0.154. The van der Waals surface area contributed by atoms with Crippen molar-refractivity contribution >= 4 is 43.4 Å². The molecule has 0 bridgehead atoms. The zero-order valence-electron chi connectivity index (χ0n) is 22.5. The smallest absolute Gasteiger partial charge is 0.255 e. The Morgan fingerprint density at radius 3 is 2.27 bits per heavy atom. The minimum atomic E-state index is -3.48. The molecule has 204 valence electrons. The number of fused-ring (bicyclic) bond motifs is 3. The first-order valence-electron chi connectivity index (χ1n) is 13.6. The van der Waals surface area contributed by atoms with Crippen LogP contribution in [0.5, 0.6) is 0 Å². The Labute approximate surface area is 234 Å². The van der Waals surface area contributed by atoms with E-state index < -0.39 is 10.0 Å². The van der Waals surface area contributed by atoms with E-state index in [1.54, 1.807) is 28.6 Å². The summed E-state index contributed by atoms with van der Waals surface area (Å²) >= 11 is 0. The molecule has 8 heteroatoms. The Kier molecular flexibility index (Phi) is 7.14. The number of amides is 1. The summed E-state index contributed by atoms with van der Waals surface area (Å²) in [6.45, 7) is 5.81. The van der Waals surface area contributed by atoms with Gasteiger partial charge >= 0.3 is 0 Å². The largest absolute Gasteiger partial charge is 0.341 e. The lowest BCUT2D eigenvalue weighted by Crippen LogP contribution is -2.48. The van der Waals surface area contributed by atoms with E-state index >= 15 is 0 Å². The fraction of sp³-hybridized carbons (Fsp3) is 0.219. The summed E-state index contributed by atoms with van der Waals surface area (Å²) in [7, 11) is -3.48. The lowest BCUT2D eigenvalue weighted by molar-refractivity contribution is 0.102. The second-order valence-corrected chi connectivity index (χ2v) is 12.1. The lowest BCUT2D eigenvalue weighted by atomic mass is 10.1. The van der Waals surface area contributed by atoms with Gasteiger partial charge in [-0.2, -0.15) is 4.31 Å². The lowest BCUT2D eigenvalue weighted by Gasteiger charge is -2.34. The normalized spacial score (nSPS) is 15.0. The number of hydrogen-bond acceptors (Lipinski definition) is 4. The Morgan fingerprint density at radius 2 is 1.50 bits per heavy atom. The van der Waals surface area contributed by atoms with Crippen LogP contribution >= 0.6 is 0 Å². The second-order valence-electron chi connectivity index (χ2n) is 10.1. The molecule has 0 radical (unpaired) electrons. The Balaban J connectivity index is 1.12. The predicted octanol–water partition coefficient (Wildman–Crippen LogP) is 5.57. The number of aromatic nitrogens is 1. The number of sulfonamides is 1. The molecule has 4 aromatic carbocycles. The van der Waals surface area contributed by atoms with Crippen molar-refractivity contribution in [2.45, 2.75) is 24.9 Å². The van der Waals surface area contributed by atoms with Crippen molar-refractivity contribution in [2.24, 2.45) is 0 Å². The Morgan fingerprint density at radius 1 is 0.775 bits per heavy atom. The van der Waals surface area contributed by atoms with Gasteiger partial charge in [-0.25, -0.2) is 8.42 Å². The van der Waals surface area contributed by atoms with E-state index in [2.05, 4.69) is 52.0 Å². The molecule has 5 aromatic rings. The first kappa shape index (κ1) is 26.3. The first-order chi connectivity index (χ1) is 19.4. The average molecular weight is 553 g/mol. The van der Waals surface area contributed by atoms with Gasteiger partial charge in [-0.15, -0.1) is 0 Å². The molecule has 1 fully saturated rings. The highest BCUT2D eigenvalue weighted by atomic mass is 32.2. The maximum absolute atomic E-state index is 13.2. The maximum Gasteiger partial charge on any atom is 0.255 e. The van der Waals surface area contributed by atoms with Gasteiger partial charge in [0.2, 0.25) is 10.0 Å². The molecule has 0 aliphatic carbocycles. The fourth-order valence-corrected chi connectivity index (χ4v) is 7.06. The third-order valence-corrected chi connectivity index (χ3v) is 9.57. The van der Waals surface area contributed by atoms with Crippen molar-refractivity contribution in [3.05, 3.63) is 108 Å². The summed E-state index contributed by atoms with van der Waals surface area (Å²) < 4.78 is 29.7. The number of rotatable bonds is 7. The number of nitrogens with one attached hydrogen (secondary N) is 1. The second kappa shape index (κ2) is 10.9. The van der Waals surface area contributed by atoms with Gasteiger partial charge < -0.3 is 9.88 Å². The van der Waals surface area contributed by atoms with E-state index in [1.165, 1.54) is 10.9 Å². The zero-order valence-corrected chi connectivity index (χ0v) is 23.3. The summed E-state index contributed by atoms with van der Waals surface area (Å²) in [5.74, 6) is -0.154. The van der Waals surface area contributed by atoms with Gasteiger partial charge in [-0.1, -0.05) is 48.5 Å². The van der Waals surface area contributed by atoms with Crippen molar-refractivity contribution in [1.29, 1.82) is 0 Å². The van der Waals surface area contributed by atoms with Crippen LogP contribution in [0, 0.1) is 0 Å². The van der Waals surface area contributed by atoms with Crippen molar-refractivity contribution in [3.8, 4) is 0 Å². The van der Waals surface area contributed by atoms with Crippen molar-refractivity contribution in [2.75, 3.05) is 31.5 Å². The van der Waals surface area contributed by atoms with Gasteiger partial charge in [-0.3, -0.25) is 9.69 Å². The van der Waals surface area contributed by atoms with Gasteiger partial charge in [0.05, 0.1) is 4.90 Å². The number of aryl methyl sites for hydroxylation is 1. The van der Waals surface area contributed by atoms with Crippen LogP contribution in [0.3, 0.4) is 0 Å². The van der Waals surface area contributed by atoms with Gasteiger partial charge in [0.25, 0.3) is 5.91 Å². The molecule has 1 saturated heterocycles. The molecule has 1 aliphatic heterocycles. The van der Waals surface area contributed by atoms with E-state index in [-0.39, 0.29) is 5.91 Å². The SMILES string of the molecule is CCn1c2ccccc2c2cc(NC(=O)c3cccc(CN4CCN(S(=O)(=O)c5ccccc5)CC4)c3)ccc21. The number of para-hydroxylation sites is 1. The summed E-state index contributed by atoms with van der Waals surface area (Å²) in [4.78, 5) is 15.8. The van der Waals surface area contributed by atoms with E-state index in [0.717, 1.165) is 28.7 Å². The number of carbonyl (C=O) groups excluding carboxylic acids is 1. The molecule has 0 spiro atoms. The Bertz CT molecular complexity index is 1790. The van der Waals surface area contributed by atoms with Crippen LogP contribution in [0.4, 0.5) is 5.69 Å². The quantitative estimate of drug-likeness (QED) is 0.286. The standard InChI is InChI=1S/C32H32N4O3S/c1-2-36-30-14-7-6-13-28(30)29-22-26(15-16-31(29)36)33-32(37)25-10-8-9-24(21-25)23-34-17-19-35(20-18-34)40(38,39)27-11-4-3-5-12-27/h3-16,21-22H,2,17-20,23H2,1H3,(H,33,37). The van der Waals surface area contributed by atoms with Crippen LogP contribution in [0.1, 0.15) is 22.8 Å². The van der Waals surface area contributed by atoms with Crippen molar-refractivity contribution in [1.82, 2.24) is 13.8 Å². The van der Waals surface area contributed by atoms with Gasteiger partial charge in [-0.05, 0) is 61.0 Å². The molecular weight excluding hydrogens is 520 g/mol. The molecule has 0 atom stereocenters. The minimum Gasteiger partial charge on any atom is -0.341 e. The summed E-state index contributed by atoms with van der Waals surface area (Å²) in [6.07, 6.45) is 0. The predicted molar refractivity (Wildman–Crippen MR) is 160 cm³/mol. The molecule has 0 unspecified atom stereocenters. The third-order valence-electron chi connectivity index (χ3n) is 7.65. The molecule has 0 saturated carbocycles. The molecule has 1 N–H and O–H groups in total. The highest BCUT2D eigenvalue weighted by molar-refractivity contribution is 7.89. The van der Waals surface area contributed by atoms with Crippen LogP contribution in [0.15, 0.2) is 102 Å². The first-order valence-corrected chi connectivity index (χ1v) is 15.1. The molecule has 2 heterocycles. The number of nitrogens with zero attached hydrogens (tertiary/aromatic N) is 3. The van der Waals surface area contributed by atoms with E-state index in [0.29, 0.717) is 43.2 Å². The number of carbonyl (C=O) groups is 1. The monoisotopic (exact) mass is 552 g/mol. The number of piperazine rings is 1.